The van der Waals surface area contributed by atoms with Crippen LogP contribution in [0.5, 0.6) is 0 Å². The molecule has 1 N–H and O–H groups in total. The van der Waals surface area contributed by atoms with Gasteiger partial charge in [-0.25, -0.2) is 0 Å². The van der Waals surface area contributed by atoms with Gasteiger partial charge in [0.2, 0.25) is 0 Å². The Balaban J connectivity index is 5.21. The zero-order valence-electron chi connectivity index (χ0n) is 11.5. The minimum atomic E-state index is -1.27. The number of aldehydes is 1. The quantitative estimate of drug-likeness (QED) is 0.356. The predicted molar refractivity (Wildman–Crippen MR) is 64.4 cm³/mol. The summed E-state index contributed by atoms with van der Waals surface area (Å²) in [5.74, 6) is -2.15. The van der Waals surface area contributed by atoms with Crippen molar-refractivity contribution in [3.8, 4) is 0 Å². The van der Waals surface area contributed by atoms with Crippen molar-refractivity contribution in [2.45, 2.75) is 45.5 Å². The molecule has 0 bridgehead atoms. The number of rotatable bonds is 8. The van der Waals surface area contributed by atoms with Crippen molar-refractivity contribution in [1.82, 2.24) is 0 Å². The topological polar surface area (TPSA) is 116 Å². The molecule has 0 aromatic heterocycles. The first-order valence-corrected chi connectivity index (χ1v) is 5.88. The van der Waals surface area contributed by atoms with Crippen LogP contribution < -0.4 is 0 Å². The molecule has 0 rings (SSSR count). The van der Waals surface area contributed by atoms with Gasteiger partial charge in [0.15, 0.2) is 12.2 Å². The van der Waals surface area contributed by atoms with Gasteiger partial charge in [0.1, 0.15) is 12.4 Å². The number of hydrogen-bond donors (Lipinski definition) is 1. The van der Waals surface area contributed by atoms with Gasteiger partial charge < -0.3 is 24.1 Å². The Labute approximate surface area is 116 Å². The molecule has 0 aromatic carbocycles. The van der Waals surface area contributed by atoms with E-state index in [-0.39, 0.29) is 6.42 Å². The van der Waals surface area contributed by atoms with E-state index >= 15 is 0 Å². The molecule has 0 unspecified atom stereocenters. The highest BCUT2D eigenvalue weighted by molar-refractivity contribution is 5.68. The Kier molecular flexibility index (Phi) is 8.14. The van der Waals surface area contributed by atoms with E-state index in [1.54, 1.807) is 0 Å². The molecule has 20 heavy (non-hydrogen) atoms. The van der Waals surface area contributed by atoms with Crippen molar-refractivity contribution in [3.63, 3.8) is 0 Å². The summed E-state index contributed by atoms with van der Waals surface area (Å²) in [4.78, 5) is 43.7. The van der Waals surface area contributed by atoms with Gasteiger partial charge in [-0.1, -0.05) is 0 Å². The molecule has 0 fully saturated rings. The molecule has 0 saturated heterocycles. The molecule has 0 amide bonds. The summed E-state index contributed by atoms with van der Waals surface area (Å²) in [5.41, 5.74) is 0. The second-order valence-corrected chi connectivity index (χ2v) is 3.95. The summed E-state index contributed by atoms with van der Waals surface area (Å²) < 4.78 is 14.6. The highest BCUT2D eigenvalue weighted by atomic mass is 16.6. The van der Waals surface area contributed by atoms with Crippen molar-refractivity contribution >= 4 is 24.2 Å². The van der Waals surface area contributed by atoms with E-state index in [0.29, 0.717) is 6.29 Å². The van der Waals surface area contributed by atoms with Gasteiger partial charge in [-0.3, -0.25) is 14.4 Å². The van der Waals surface area contributed by atoms with E-state index in [1.165, 1.54) is 0 Å². The van der Waals surface area contributed by atoms with Crippen LogP contribution in [0.1, 0.15) is 27.2 Å². The summed E-state index contributed by atoms with van der Waals surface area (Å²) in [6.45, 7) is 2.66. The van der Waals surface area contributed by atoms with Crippen molar-refractivity contribution in [1.29, 1.82) is 0 Å². The molecule has 0 aromatic rings. The van der Waals surface area contributed by atoms with Gasteiger partial charge in [-0.15, -0.1) is 0 Å². The standard InChI is InChI=1S/C12H18O8/c1-7(15)18-10(4-5-13)12(20-9(3)17)11(6-14)19-8(2)16/h5,10-12,14H,4,6H2,1-3H3/t10-,11-,12-/m0/s1. The zero-order valence-corrected chi connectivity index (χ0v) is 11.5. The van der Waals surface area contributed by atoms with E-state index in [1.807, 2.05) is 0 Å². The van der Waals surface area contributed by atoms with Crippen LogP contribution in [0.4, 0.5) is 0 Å². The first-order chi connectivity index (χ1) is 9.31. The molecule has 114 valence electrons. The van der Waals surface area contributed by atoms with Crippen molar-refractivity contribution in [3.05, 3.63) is 0 Å². The number of carbonyl (C=O) groups is 4. The van der Waals surface area contributed by atoms with Gasteiger partial charge in [-0.2, -0.15) is 0 Å². The van der Waals surface area contributed by atoms with Crippen LogP contribution >= 0.6 is 0 Å². The molecular weight excluding hydrogens is 272 g/mol. The fourth-order valence-corrected chi connectivity index (χ4v) is 1.56. The third-order valence-electron chi connectivity index (χ3n) is 2.18. The molecule has 0 radical (unpaired) electrons. The first kappa shape index (κ1) is 18.0. The number of esters is 3. The SMILES string of the molecule is CC(=O)O[C@H]([C@H](CO)OC(C)=O)[C@H](CC=O)OC(C)=O. The van der Waals surface area contributed by atoms with Gasteiger partial charge in [0.25, 0.3) is 0 Å². The number of hydrogen-bond acceptors (Lipinski definition) is 8. The lowest BCUT2D eigenvalue weighted by Crippen LogP contribution is -2.46. The Hall–Kier alpha value is -1.96. The van der Waals surface area contributed by atoms with Gasteiger partial charge in [0, 0.05) is 27.2 Å². The minimum absolute atomic E-state index is 0.269. The molecule has 0 saturated carbocycles. The van der Waals surface area contributed by atoms with Crippen molar-refractivity contribution in [2.24, 2.45) is 0 Å². The Morgan fingerprint density at radius 1 is 0.950 bits per heavy atom. The number of carbonyl (C=O) groups excluding carboxylic acids is 4. The molecule has 3 atom stereocenters. The number of aliphatic hydroxyl groups is 1. The molecule has 0 heterocycles. The van der Waals surface area contributed by atoms with E-state index in [9.17, 15) is 24.3 Å². The van der Waals surface area contributed by atoms with Gasteiger partial charge >= 0.3 is 17.9 Å². The molecule has 0 aliphatic heterocycles. The zero-order chi connectivity index (χ0) is 15.7. The van der Waals surface area contributed by atoms with E-state index in [0.717, 1.165) is 20.8 Å². The molecule has 8 nitrogen and oxygen atoms in total. The lowest BCUT2D eigenvalue weighted by Gasteiger charge is -2.30. The van der Waals surface area contributed by atoms with Crippen molar-refractivity contribution < 1.29 is 38.5 Å². The Morgan fingerprint density at radius 2 is 1.40 bits per heavy atom. The van der Waals surface area contributed by atoms with E-state index in [2.05, 4.69) is 0 Å². The second-order valence-electron chi connectivity index (χ2n) is 3.95. The van der Waals surface area contributed by atoms with Crippen LogP contribution in [0.2, 0.25) is 0 Å². The smallest absolute Gasteiger partial charge is 0.303 e. The maximum atomic E-state index is 11.1. The van der Waals surface area contributed by atoms with Crippen LogP contribution in [0, 0.1) is 0 Å². The van der Waals surface area contributed by atoms with Crippen LogP contribution in [-0.2, 0) is 33.4 Å². The average molecular weight is 290 g/mol. The summed E-state index contributed by atoms with van der Waals surface area (Å²) >= 11 is 0. The third kappa shape index (κ3) is 6.83. The summed E-state index contributed by atoms with van der Waals surface area (Å²) in [5, 5.41) is 9.21. The third-order valence-corrected chi connectivity index (χ3v) is 2.18. The molecule has 8 heteroatoms. The number of aliphatic hydroxyl groups excluding tert-OH is 1. The second kappa shape index (κ2) is 9.03. The Morgan fingerprint density at radius 3 is 1.75 bits per heavy atom. The van der Waals surface area contributed by atoms with Crippen molar-refractivity contribution in [2.75, 3.05) is 6.61 Å². The molecule has 0 aliphatic carbocycles. The maximum absolute atomic E-state index is 11.1. The lowest BCUT2D eigenvalue weighted by atomic mass is 10.1. The normalized spacial score (nSPS) is 14.6. The number of ether oxygens (including phenoxy) is 3. The van der Waals surface area contributed by atoms with Crippen LogP contribution in [0.25, 0.3) is 0 Å². The summed E-state index contributed by atoms with van der Waals surface area (Å²) in [6.07, 6.45) is -3.46. The minimum Gasteiger partial charge on any atom is -0.458 e. The highest BCUT2D eigenvalue weighted by Crippen LogP contribution is 2.16. The Bertz CT molecular complexity index is 364. The summed E-state index contributed by atoms with van der Waals surface area (Å²) in [6, 6.07) is 0. The molecular formula is C12H18O8. The van der Waals surface area contributed by atoms with Crippen LogP contribution in [0.3, 0.4) is 0 Å². The molecule has 0 aliphatic rings. The van der Waals surface area contributed by atoms with Gasteiger partial charge in [0.05, 0.1) is 6.61 Å². The average Bonchev–Trinajstić information content (AvgIpc) is 2.31. The molecule has 0 spiro atoms. The van der Waals surface area contributed by atoms with Gasteiger partial charge in [-0.05, 0) is 0 Å². The first-order valence-electron chi connectivity index (χ1n) is 5.88. The van der Waals surface area contributed by atoms with E-state index in [4.69, 9.17) is 14.2 Å². The predicted octanol–water partition coefficient (Wildman–Crippen LogP) is -0.637. The fourth-order valence-electron chi connectivity index (χ4n) is 1.56. The fraction of sp³-hybridized carbons (Fsp3) is 0.667. The highest BCUT2D eigenvalue weighted by Gasteiger charge is 2.36. The summed E-state index contributed by atoms with van der Waals surface area (Å²) in [7, 11) is 0. The monoisotopic (exact) mass is 290 g/mol. The largest absolute Gasteiger partial charge is 0.458 e. The van der Waals surface area contributed by atoms with E-state index < -0.39 is 42.8 Å². The van der Waals surface area contributed by atoms with Crippen LogP contribution in [0.15, 0.2) is 0 Å². The maximum Gasteiger partial charge on any atom is 0.303 e. The van der Waals surface area contributed by atoms with Crippen LogP contribution in [-0.4, -0.2) is 54.2 Å². The lowest BCUT2D eigenvalue weighted by molar-refractivity contribution is -0.186.